The van der Waals surface area contributed by atoms with Crippen molar-refractivity contribution in [1.29, 1.82) is 0 Å². The maximum atomic E-state index is 7.33. The van der Waals surface area contributed by atoms with E-state index in [0.717, 1.165) is 0 Å². The molecule has 0 amide bonds. The van der Waals surface area contributed by atoms with Gasteiger partial charge in [-0.1, -0.05) is 0 Å². The molecule has 0 aliphatic heterocycles. The summed E-state index contributed by atoms with van der Waals surface area (Å²) in [6, 6.07) is 0. The van der Waals surface area contributed by atoms with E-state index in [2.05, 4.69) is 0 Å². The van der Waals surface area contributed by atoms with E-state index < -0.39 is 9.05 Å². The van der Waals surface area contributed by atoms with Gasteiger partial charge in [0.1, 0.15) is 0 Å². The third kappa shape index (κ3) is 611. The molecule has 40 valence electrons. The van der Waals surface area contributed by atoms with Crippen LogP contribution >= 0.6 is 0 Å². The van der Waals surface area contributed by atoms with Gasteiger partial charge in [-0.2, -0.15) is 0 Å². The summed E-state index contributed by atoms with van der Waals surface area (Å²) >= 11 is 0. The minimum atomic E-state index is -4.61. The summed E-state index contributed by atoms with van der Waals surface area (Å²) in [6.45, 7) is 0. The van der Waals surface area contributed by atoms with Crippen molar-refractivity contribution in [2.45, 2.75) is 0 Å². The highest BCUT2D eigenvalue weighted by molar-refractivity contribution is 6.46. The van der Waals surface area contributed by atoms with Gasteiger partial charge in [-0.3, -0.25) is 0 Å². The fraction of sp³-hybridized carbons (Fsp3) is 0. The SMILES string of the molecule is O[Si](O)(O)O.[SiH4]. The van der Waals surface area contributed by atoms with Crippen LogP contribution in [0.25, 0.3) is 0 Å². The van der Waals surface area contributed by atoms with Crippen LogP contribution < -0.4 is 0 Å². The van der Waals surface area contributed by atoms with Crippen LogP contribution in [0.5, 0.6) is 0 Å². The van der Waals surface area contributed by atoms with Crippen LogP contribution in [-0.2, 0) is 0 Å². The molecule has 0 spiro atoms. The summed E-state index contributed by atoms with van der Waals surface area (Å²) in [5.41, 5.74) is 0. The van der Waals surface area contributed by atoms with E-state index in [9.17, 15) is 0 Å². The predicted octanol–water partition coefficient (Wildman–Crippen LogP) is -4.06. The molecule has 0 heterocycles. The first-order chi connectivity index (χ1) is 2.00. The average molecular weight is 128 g/mol. The zero-order chi connectivity index (χ0) is 4.50. The molecule has 4 N–H and O–H groups in total. The quantitative estimate of drug-likeness (QED) is 0.250. The molecule has 4 nitrogen and oxygen atoms in total. The van der Waals surface area contributed by atoms with Crippen molar-refractivity contribution in [3.05, 3.63) is 0 Å². The first-order valence-corrected chi connectivity index (χ1v) is 2.68. The van der Waals surface area contributed by atoms with E-state index in [1.54, 1.807) is 0 Å². The Kier molecular flexibility index (Phi) is 3.90. The summed E-state index contributed by atoms with van der Waals surface area (Å²) < 4.78 is 0. The molecule has 6 heteroatoms. The van der Waals surface area contributed by atoms with Gasteiger partial charge in [-0.25, -0.2) is 0 Å². The summed E-state index contributed by atoms with van der Waals surface area (Å²) in [6.07, 6.45) is 0. The zero-order valence-corrected chi connectivity index (χ0v) is 3.29. The largest absolute Gasteiger partial charge is 0.668 e. The number of hydrogen-bond acceptors (Lipinski definition) is 4. The van der Waals surface area contributed by atoms with Crippen molar-refractivity contribution < 1.29 is 19.2 Å². The Hall–Kier alpha value is 0.274. The second-order valence-corrected chi connectivity index (χ2v) is 1.80. The molecule has 0 rings (SSSR count). The molecule has 0 aromatic heterocycles. The average Bonchev–Trinajstić information content (AvgIpc) is 0.722. The van der Waals surface area contributed by atoms with Crippen LogP contribution in [0.2, 0.25) is 0 Å². The maximum absolute atomic E-state index is 7.33. The number of hydrogen-bond donors (Lipinski definition) is 4. The molecule has 0 saturated heterocycles. The highest BCUT2D eigenvalue weighted by Crippen LogP contribution is 1.67. The zero-order valence-electron chi connectivity index (χ0n) is 2.29. The minimum Gasteiger partial charge on any atom is -0.368 e. The van der Waals surface area contributed by atoms with Crippen molar-refractivity contribution in [3.8, 4) is 0 Å². The van der Waals surface area contributed by atoms with Gasteiger partial charge in [0.05, 0.1) is 0 Å². The molecule has 0 atom stereocenters. The predicted molar refractivity (Wildman–Crippen MR) is 26.0 cm³/mol. The first kappa shape index (κ1) is 9.55. The van der Waals surface area contributed by atoms with Gasteiger partial charge in [0, 0.05) is 0 Å². The Morgan fingerprint density at radius 2 is 0.833 bits per heavy atom. The molecule has 0 aromatic carbocycles. The monoisotopic (exact) mass is 128 g/mol. The standard InChI is InChI=1S/H4O4Si.H4Si/c1-5(2,3)4;/h1-4H;1H4. The van der Waals surface area contributed by atoms with Crippen LogP contribution in [0.15, 0.2) is 0 Å². The van der Waals surface area contributed by atoms with Crippen molar-refractivity contribution in [3.63, 3.8) is 0 Å². The van der Waals surface area contributed by atoms with Crippen LogP contribution in [0.1, 0.15) is 0 Å². The van der Waals surface area contributed by atoms with E-state index >= 15 is 0 Å². The second kappa shape index (κ2) is 2.45. The van der Waals surface area contributed by atoms with E-state index in [-0.39, 0.29) is 11.0 Å². The van der Waals surface area contributed by atoms with E-state index in [4.69, 9.17) is 19.2 Å². The van der Waals surface area contributed by atoms with Gasteiger partial charge in [0.15, 0.2) is 0 Å². The highest BCUT2D eigenvalue weighted by atomic mass is 28.4. The summed E-state index contributed by atoms with van der Waals surface area (Å²) in [5, 5.41) is 0. The third-order valence-electron chi connectivity index (χ3n) is 0. The van der Waals surface area contributed by atoms with Crippen LogP contribution in [0.3, 0.4) is 0 Å². The van der Waals surface area contributed by atoms with Gasteiger partial charge >= 0.3 is 9.05 Å². The maximum Gasteiger partial charge on any atom is 0.668 e. The molecular weight excluding hydrogens is 120 g/mol. The molecule has 0 fully saturated rings. The lowest BCUT2D eigenvalue weighted by Gasteiger charge is -1.91. The lowest BCUT2D eigenvalue weighted by molar-refractivity contribution is 0.117. The lowest BCUT2D eigenvalue weighted by atomic mass is 15.7. The van der Waals surface area contributed by atoms with Crippen LogP contribution in [0, 0.1) is 0 Å². The molecular formula is H8O4Si2. The van der Waals surface area contributed by atoms with Crippen molar-refractivity contribution in [2.75, 3.05) is 0 Å². The minimum absolute atomic E-state index is 0. The molecule has 0 aliphatic carbocycles. The smallest absolute Gasteiger partial charge is 0.368 e. The molecule has 0 aromatic rings. The molecule has 0 radical (unpaired) electrons. The van der Waals surface area contributed by atoms with Crippen LogP contribution in [0.4, 0.5) is 0 Å². The Labute approximate surface area is 40.2 Å². The van der Waals surface area contributed by atoms with E-state index in [0.29, 0.717) is 0 Å². The van der Waals surface area contributed by atoms with Gasteiger partial charge in [-0.15, -0.1) is 0 Å². The Morgan fingerprint density at radius 1 is 0.833 bits per heavy atom. The fourth-order valence-corrected chi connectivity index (χ4v) is 0. The lowest BCUT2D eigenvalue weighted by Crippen LogP contribution is -2.33. The van der Waals surface area contributed by atoms with Crippen LogP contribution in [-0.4, -0.2) is 39.2 Å². The Balaban J connectivity index is 0. The summed E-state index contributed by atoms with van der Waals surface area (Å²) in [5.74, 6) is 0. The van der Waals surface area contributed by atoms with Gasteiger partial charge in [0.2, 0.25) is 0 Å². The molecule has 0 unspecified atom stereocenters. The van der Waals surface area contributed by atoms with Gasteiger partial charge in [-0.05, 0) is 11.0 Å². The second-order valence-electron chi connectivity index (χ2n) is 0.600. The number of rotatable bonds is 0. The normalized spacial score (nSPS) is 10.0. The Morgan fingerprint density at radius 3 is 0.833 bits per heavy atom. The van der Waals surface area contributed by atoms with Gasteiger partial charge in [0.25, 0.3) is 0 Å². The first-order valence-electron chi connectivity index (χ1n) is 0.894. The summed E-state index contributed by atoms with van der Waals surface area (Å²) in [4.78, 5) is 29.3. The molecule has 0 aliphatic rings. The molecule has 0 bridgehead atoms. The summed E-state index contributed by atoms with van der Waals surface area (Å²) in [7, 11) is -4.61. The highest BCUT2D eigenvalue weighted by Gasteiger charge is 2.22. The van der Waals surface area contributed by atoms with Crippen molar-refractivity contribution in [2.24, 2.45) is 0 Å². The van der Waals surface area contributed by atoms with Gasteiger partial charge < -0.3 is 19.2 Å². The Bertz CT molecular complexity index is 21.0. The molecule has 0 saturated carbocycles. The molecule has 6 heavy (non-hydrogen) atoms. The van der Waals surface area contributed by atoms with Crippen molar-refractivity contribution >= 4 is 20.0 Å². The third-order valence-corrected chi connectivity index (χ3v) is 0. The fourth-order valence-electron chi connectivity index (χ4n) is 0. The van der Waals surface area contributed by atoms with E-state index in [1.165, 1.54) is 0 Å². The topological polar surface area (TPSA) is 80.9 Å². The van der Waals surface area contributed by atoms with Crippen molar-refractivity contribution in [1.82, 2.24) is 0 Å². The van der Waals surface area contributed by atoms with E-state index in [1.807, 2.05) is 0 Å².